The van der Waals surface area contributed by atoms with Gasteiger partial charge < -0.3 is 9.64 Å². The van der Waals surface area contributed by atoms with E-state index in [0.29, 0.717) is 18.2 Å². The highest BCUT2D eigenvalue weighted by Crippen LogP contribution is 2.16. The average Bonchev–Trinajstić information content (AvgIpc) is 2.34. The van der Waals surface area contributed by atoms with Crippen molar-refractivity contribution in [2.24, 2.45) is 5.92 Å². The molecule has 0 aromatic heterocycles. The van der Waals surface area contributed by atoms with Gasteiger partial charge in [0.2, 0.25) is 0 Å². The maximum Gasteiger partial charge on any atom is 0.263 e. The predicted molar refractivity (Wildman–Crippen MR) is 78.2 cm³/mol. The lowest BCUT2D eigenvalue weighted by atomic mass is 10.1. The number of ether oxygens (including phenoxy) is 1. The highest BCUT2D eigenvalue weighted by molar-refractivity contribution is 5.81. The van der Waals surface area contributed by atoms with Gasteiger partial charge in [0.1, 0.15) is 11.6 Å². The van der Waals surface area contributed by atoms with Crippen molar-refractivity contribution in [3.05, 3.63) is 30.1 Å². The normalized spacial score (nSPS) is 12.6. The highest BCUT2D eigenvalue weighted by atomic mass is 19.1. The van der Waals surface area contributed by atoms with Gasteiger partial charge in [0.25, 0.3) is 5.91 Å². The summed E-state index contributed by atoms with van der Waals surface area (Å²) in [4.78, 5) is 14.2. The molecule has 0 aliphatic carbocycles. The first-order valence-electron chi connectivity index (χ1n) is 7.04. The van der Waals surface area contributed by atoms with Crippen LogP contribution in [0.3, 0.4) is 0 Å². The van der Waals surface area contributed by atoms with Crippen LogP contribution >= 0.6 is 0 Å². The molecule has 3 nitrogen and oxygen atoms in total. The zero-order valence-electron chi connectivity index (χ0n) is 12.9. The van der Waals surface area contributed by atoms with E-state index in [2.05, 4.69) is 13.8 Å². The molecule has 1 aromatic carbocycles. The van der Waals surface area contributed by atoms with Crippen molar-refractivity contribution in [2.75, 3.05) is 6.54 Å². The van der Waals surface area contributed by atoms with Crippen molar-refractivity contribution in [1.29, 1.82) is 0 Å². The molecule has 0 radical (unpaired) electrons. The quantitative estimate of drug-likeness (QED) is 0.799. The second kappa shape index (κ2) is 7.27. The van der Waals surface area contributed by atoms with E-state index in [1.165, 1.54) is 12.1 Å². The van der Waals surface area contributed by atoms with Gasteiger partial charge in [-0.25, -0.2) is 4.39 Å². The fourth-order valence-electron chi connectivity index (χ4n) is 1.98. The number of benzene rings is 1. The molecule has 1 unspecified atom stereocenters. The topological polar surface area (TPSA) is 29.5 Å². The second-order valence-electron chi connectivity index (χ2n) is 5.70. The number of halogens is 1. The summed E-state index contributed by atoms with van der Waals surface area (Å²) < 4.78 is 18.6. The Morgan fingerprint density at radius 2 is 1.90 bits per heavy atom. The molecule has 0 spiro atoms. The number of amides is 1. The van der Waals surface area contributed by atoms with Gasteiger partial charge in [0.05, 0.1) is 0 Å². The van der Waals surface area contributed by atoms with E-state index in [-0.39, 0.29) is 17.8 Å². The molecule has 0 aliphatic rings. The summed E-state index contributed by atoms with van der Waals surface area (Å²) in [7, 11) is 0. The second-order valence-corrected chi connectivity index (χ2v) is 5.70. The Morgan fingerprint density at radius 3 is 2.40 bits per heavy atom. The van der Waals surface area contributed by atoms with Crippen LogP contribution in [0, 0.1) is 11.7 Å². The Balaban J connectivity index is 2.73. The number of hydrogen-bond donors (Lipinski definition) is 0. The fourth-order valence-corrected chi connectivity index (χ4v) is 1.98. The van der Waals surface area contributed by atoms with E-state index in [1.54, 1.807) is 24.0 Å². The number of nitrogens with zero attached hydrogens (tertiary/aromatic N) is 1. The standard InChI is InChI=1S/C16H24FNO2/c1-11(2)10-18(12(3)4)16(19)13(5)20-15-8-6-7-14(17)9-15/h6-9,11-13H,10H2,1-5H3. The van der Waals surface area contributed by atoms with Crippen LogP contribution in [0.5, 0.6) is 5.75 Å². The van der Waals surface area contributed by atoms with Crippen molar-refractivity contribution in [3.63, 3.8) is 0 Å². The van der Waals surface area contributed by atoms with Crippen LogP contribution in [0.1, 0.15) is 34.6 Å². The minimum atomic E-state index is -0.627. The monoisotopic (exact) mass is 281 g/mol. The van der Waals surface area contributed by atoms with Crippen LogP contribution in [0.15, 0.2) is 24.3 Å². The molecule has 20 heavy (non-hydrogen) atoms. The van der Waals surface area contributed by atoms with E-state index >= 15 is 0 Å². The first-order valence-corrected chi connectivity index (χ1v) is 7.04. The van der Waals surface area contributed by atoms with Gasteiger partial charge >= 0.3 is 0 Å². The molecule has 1 aromatic rings. The van der Waals surface area contributed by atoms with Gasteiger partial charge in [-0.3, -0.25) is 4.79 Å². The lowest BCUT2D eigenvalue weighted by molar-refractivity contribution is -0.140. The van der Waals surface area contributed by atoms with Gasteiger partial charge in [-0.15, -0.1) is 0 Å². The molecule has 0 N–H and O–H groups in total. The minimum absolute atomic E-state index is 0.0713. The molecule has 1 rings (SSSR count). The van der Waals surface area contributed by atoms with Crippen molar-refractivity contribution in [3.8, 4) is 5.75 Å². The number of rotatable bonds is 6. The van der Waals surface area contributed by atoms with E-state index in [4.69, 9.17) is 4.74 Å². The average molecular weight is 281 g/mol. The zero-order chi connectivity index (χ0) is 15.3. The lowest BCUT2D eigenvalue weighted by Gasteiger charge is -2.31. The molecule has 0 saturated heterocycles. The van der Waals surface area contributed by atoms with Crippen molar-refractivity contribution in [1.82, 2.24) is 4.90 Å². The first-order chi connectivity index (χ1) is 9.31. The third-order valence-electron chi connectivity index (χ3n) is 2.92. The molecule has 4 heteroatoms. The molecule has 0 fully saturated rings. The maximum absolute atomic E-state index is 13.1. The highest BCUT2D eigenvalue weighted by Gasteiger charge is 2.24. The van der Waals surface area contributed by atoms with Crippen molar-refractivity contribution >= 4 is 5.91 Å². The Morgan fingerprint density at radius 1 is 1.25 bits per heavy atom. The predicted octanol–water partition coefficient (Wildman–Crippen LogP) is 3.49. The Kier molecular flexibility index (Phi) is 5.99. The van der Waals surface area contributed by atoms with E-state index in [1.807, 2.05) is 13.8 Å². The number of carbonyl (C=O) groups excluding carboxylic acids is 1. The van der Waals surface area contributed by atoms with E-state index in [0.717, 1.165) is 0 Å². The molecule has 0 saturated carbocycles. The van der Waals surface area contributed by atoms with Crippen LogP contribution in [-0.4, -0.2) is 29.5 Å². The molecule has 1 atom stereocenters. The van der Waals surface area contributed by atoms with Gasteiger partial charge in [-0.05, 0) is 38.8 Å². The fraction of sp³-hybridized carbons (Fsp3) is 0.562. The van der Waals surface area contributed by atoms with Crippen LogP contribution in [-0.2, 0) is 4.79 Å². The summed E-state index contributed by atoms with van der Waals surface area (Å²) in [6, 6.07) is 5.96. The van der Waals surface area contributed by atoms with Gasteiger partial charge in [0.15, 0.2) is 6.10 Å². The van der Waals surface area contributed by atoms with Crippen LogP contribution in [0.25, 0.3) is 0 Å². The molecule has 0 bridgehead atoms. The molecule has 112 valence electrons. The number of hydrogen-bond acceptors (Lipinski definition) is 2. The summed E-state index contributed by atoms with van der Waals surface area (Å²) in [5.74, 6) is 0.324. The molecular weight excluding hydrogens is 257 g/mol. The molecule has 1 amide bonds. The van der Waals surface area contributed by atoms with Crippen LogP contribution in [0.2, 0.25) is 0 Å². The third-order valence-corrected chi connectivity index (χ3v) is 2.92. The van der Waals surface area contributed by atoms with Crippen LogP contribution < -0.4 is 4.74 Å². The summed E-state index contributed by atoms with van der Waals surface area (Å²) >= 11 is 0. The van der Waals surface area contributed by atoms with Gasteiger partial charge in [-0.1, -0.05) is 19.9 Å². The van der Waals surface area contributed by atoms with Crippen molar-refractivity contribution in [2.45, 2.75) is 46.8 Å². The van der Waals surface area contributed by atoms with E-state index in [9.17, 15) is 9.18 Å². The smallest absolute Gasteiger partial charge is 0.263 e. The Labute approximate surface area is 120 Å². The van der Waals surface area contributed by atoms with Gasteiger partial charge in [-0.2, -0.15) is 0 Å². The first kappa shape index (κ1) is 16.5. The maximum atomic E-state index is 13.1. The summed E-state index contributed by atoms with van der Waals surface area (Å²) in [5.41, 5.74) is 0. The minimum Gasteiger partial charge on any atom is -0.481 e. The zero-order valence-corrected chi connectivity index (χ0v) is 12.9. The summed E-state index contributed by atoms with van der Waals surface area (Å²) in [6.07, 6.45) is -0.627. The SMILES string of the molecule is CC(C)CN(C(=O)C(C)Oc1cccc(F)c1)C(C)C. The molecule has 0 aliphatic heterocycles. The van der Waals surface area contributed by atoms with Crippen molar-refractivity contribution < 1.29 is 13.9 Å². The molecule has 0 heterocycles. The summed E-state index contributed by atoms with van der Waals surface area (Å²) in [5, 5.41) is 0. The lowest BCUT2D eigenvalue weighted by Crippen LogP contribution is -2.46. The molecular formula is C16H24FNO2. The Hall–Kier alpha value is -1.58. The van der Waals surface area contributed by atoms with E-state index < -0.39 is 6.10 Å². The third kappa shape index (κ3) is 4.83. The largest absolute Gasteiger partial charge is 0.481 e. The Bertz CT molecular complexity index is 446. The summed E-state index contributed by atoms with van der Waals surface area (Å²) in [6.45, 7) is 10.5. The van der Waals surface area contributed by atoms with Gasteiger partial charge in [0, 0.05) is 18.7 Å². The number of carbonyl (C=O) groups is 1. The van der Waals surface area contributed by atoms with Crippen LogP contribution in [0.4, 0.5) is 4.39 Å².